The summed E-state index contributed by atoms with van der Waals surface area (Å²) in [6.07, 6.45) is 3.55. The van der Waals surface area contributed by atoms with Gasteiger partial charge in [-0.2, -0.15) is 0 Å². The van der Waals surface area contributed by atoms with E-state index in [0.29, 0.717) is 19.5 Å². The molecule has 0 atom stereocenters. The van der Waals surface area contributed by atoms with Crippen LogP contribution in [0.25, 0.3) is 0 Å². The Labute approximate surface area is 98.5 Å². The minimum atomic E-state index is -0.741. The van der Waals surface area contributed by atoms with Crippen molar-refractivity contribution in [3.63, 3.8) is 0 Å². The molecule has 1 N–H and O–H groups in total. The van der Waals surface area contributed by atoms with Crippen LogP contribution in [-0.4, -0.2) is 44.2 Å². The third kappa shape index (κ3) is 2.36. The van der Waals surface area contributed by atoms with Gasteiger partial charge in [0.25, 0.3) is 0 Å². The Morgan fingerprint density at radius 3 is 2.88 bits per heavy atom. The first kappa shape index (κ1) is 11.8. The van der Waals surface area contributed by atoms with Crippen LogP contribution < -0.4 is 5.69 Å². The molecule has 6 nitrogen and oxygen atoms in total. The van der Waals surface area contributed by atoms with Gasteiger partial charge in [0.2, 0.25) is 5.91 Å². The van der Waals surface area contributed by atoms with Gasteiger partial charge in [0.1, 0.15) is 6.54 Å². The van der Waals surface area contributed by atoms with E-state index in [4.69, 9.17) is 0 Å². The SMILES string of the molecule is CCC1(O)CN(C(=O)Cn2cccnc2=O)C1. The molecule has 2 rings (SSSR count). The molecule has 1 aromatic heterocycles. The molecule has 0 saturated carbocycles. The van der Waals surface area contributed by atoms with Gasteiger partial charge < -0.3 is 10.0 Å². The van der Waals surface area contributed by atoms with Crippen molar-refractivity contribution in [1.29, 1.82) is 0 Å². The molecule has 0 radical (unpaired) electrons. The maximum Gasteiger partial charge on any atom is 0.347 e. The van der Waals surface area contributed by atoms with Crippen LogP contribution in [0.1, 0.15) is 13.3 Å². The number of hydrogen-bond acceptors (Lipinski definition) is 4. The molecule has 0 bridgehead atoms. The fraction of sp³-hybridized carbons (Fsp3) is 0.545. The summed E-state index contributed by atoms with van der Waals surface area (Å²) in [4.78, 5) is 28.2. The molecule has 0 aliphatic carbocycles. The molecule has 1 aromatic rings. The lowest BCUT2D eigenvalue weighted by atomic mass is 9.91. The maximum atomic E-state index is 11.8. The zero-order chi connectivity index (χ0) is 12.5. The highest BCUT2D eigenvalue weighted by molar-refractivity contribution is 5.77. The summed E-state index contributed by atoms with van der Waals surface area (Å²) in [6.45, 7) is 2.55. The molecule has 1 aliphatic heterocycles. The van der Waals surface area contributed by atoms with Crippen molar-refractivity contribution in [2.45, 2.75) is 25.5 Å². The van der Waals surface area contributed by atoms with Crippen molar-refractivity contribution in [1.82, 2.24) is 14.5 Å². The van der Waals surface area contributed by atoms with Crippen LogP contribution in [0.3, 0.4) is 0 Å². The summed E-state index contributed by atoms with van der Waals surface area (Å²) in [7, 11) is 0. The van der Waals surface area contributed by atoms with Crippen molar-refractivity contribution in [3.8, 4) is 0 Å². The van der Waals surface area contributed by atoms with E-state index in [1.165, 1.54) is 17.0 Å². The number of hydrogen-bond donors (Lipinski definition) is 1. The van der Waals surface area contributed by atoms with Crippen molar-refractivity contribution in [2.24, 2.45) is 0 Å². The van der Waals surface area contributed by atoms with E-state index in [1.807, 2.05) is 6.92 Å². The Bertz CT molecular complexity index is 477. The summed E-state index contributed by atoms with van der Waals surface area (Å²) in [6, 6.07) is 1.60. The minimum absolute atomic E-state index is 0.0214. The molecule has 0 spiro atoms. The Kier molecular flexibility index (Phi) is 2.97. The lowest BCUT2D eigenvalue weighted by Gasteiger charge is -2.46. The van der Waals surface area contributed by atoms with Crippen molar-refractivity contribution in [2.75, 3.05) is 13.1 Å². The van der Waals surface area contributed by atoms with Crippen molar-refractivity contribution < 1.29 is 9.90 Å². The summed E-state index contributed by atoms with van der Waals surface area (Å²) in [5.74, 6) is -0.168. The number of aliphatic hydroxyl groups is 1. The highest BCUT2D eigenvalue weighted by Gasteiger charge is 2.41. The third-order valence-electron chi connectivity index (χ3n) is 3.07. The van der Waals surface area contributed by atoms with Crippen LogP contribution in [0.5, 0.6) is 0 Å². The van der Waals surface area contributed by atoms with Crippen molar-refractivity contribution in [3.05, 3.63) is 28.9 Å². The van der Waals surface area contributed by atoms with Gasteiger partial charge in [0.05, 0.1) is 18.7 Å². The fourth-order valence-corrected chi connectivity index (χ4v) is 1.82. The van der Waals surface area contributed by atoms with E-state index in [1.54, 1.807) is 11.0 Å². The summed E-state index contributed by atoms with van der Waals surface area (Å²) >= 11 is 0. The zero-order valence-electron chi connectivity index (χ0n) is 9.67. The van der Waals surface area contributed by atoms with Gasteiger partial charge >= 0.3 is 5.69 Å². The normalized spacial score (nSPS) is 17.6. The average Bonchev–Trinajstić information content (AvgIpc) is 2.28. The molecule has 1 fully saturated rings. The molecular weight excluding hydrogens is 222 g/mol. The van der Waals surface area contributed by atoms with E-state index in [2.05, 4.69) is 4.98 Å². The van der Waals surface area contributed by atoms with Crippen LogP contribution in [0.2, 0.25) is 0 Å². The van der Waals surface area contributed by atoms with E-state index in [-0.39, 0.29) is 12.5 Å². The molecule has 1 aliphatic rings. The van der Waals surface area contributed by atoms with Crippen LogP contribution >= 0.6 is 0 Å². The largest absolute Gasteiger partial charge is 0.386 e. The van der Waals surface area contributed by atoms with Gasteiger partial charge in [-0.15, -0.1) is 0 Å². The van der Waals surface area contributed by atoms with Gasteiger partial charge in [0, 0.05) is 12.4 Å². The quantitative estimate of drug-likeness (QED) is 0.748. The Morgan fingerprint density at radius 1 is 1.59 bits per heavy atom. The maximum absolute atomic E-state index is 11.8. The Morgan fingerprint density at radius 2 is 2.29 bits per heavy atom. The first-order valence-corrected chi connectivity index (χ1v) is 5.56. The summed E-state index contributed by atoms with van der Waals surface area (Å²) < 4.78 is 1.26. The van der Waals surface area contributed by atoms with E-state index in [9.17, 15) is 14.7 Å². The predicted octanol–water partition coefficient (Wildman–Crippen LogP) is -0.773. The molecular formula is C11H15N3O3. The highest BCUT2D eigenvalue weighted by Crippen LogP contribution is 2.23. The number of rotatable bonds is 3. The minimum Gasteiger partial charge on any atom is -0.386 e. The summed E-state index contributed by atoms with van der Waals surface area (Å²) in [5, 5.41) is 9.78. The fourth-order valence-electron chi connectivity index (χ4n) is 1.82. The molecule has 2 heterocycles. The first-order valence-electron chi connectivity index (χ1n) is 5.56. The number of β-amino-alcohol motifs (C(OH)–C–C–N with tert-alkyl or cyclic N) is 1. The highest BCUT2D eigenvalue weighted by atomic mass is 16.3. The van der Waals surface area contributed by atoms with Gasteiger partial charge in [-0.3, -0.25) is 9.36 Å². The summed E-state index contributed by atoms with van der Waals surface area (Å²) in [5.41, 5.74) is -1.18. The van der Waals surface area contributed by atoms with Gasteiger partial charge in [-0.05, 0) is 12.5 Å². The lowest BCUT2D eigenvalue weighted by molar-refractivity contribution is -0.156. The van der Waals surface area contributed by atoms with Crippen LogP contribution in [0.4, 0.5) is 0 Å². The van der Waals surface area contributed by atoms with Gasteiger partial charge in [0.15, 0.2) is 0 Å². The number of amides is 1. The monoisotopic (exact) mass is 237 g/mol. The Balaban J connectivity index is 1.96. The van der Waals surface area contributed by atoms with Gasteiger partial charge in [-0.25, -0.2) is 9.78 Å². The topological polar surface area (TPSA) is 75.4 Å². The van der Waals surface area contributed by atoms with Crippen LogP contribution in [-0.2, 0) is 11.3 Å². The molecule has 0 unspecified atom stereocenters. The molecule has 0 aromatic carbocycles. The van der Waals surface area contributed by atoms with E-state index in [0.717, 1.165) is 0 Å². The third-order valence-corrected chi connectivity index (χ3v) is 3.07. The average molecular weight is 237 g/mol. The predicted molar refractivity (Wildman–Crippen MR) is 60.3 cm³/mol. The molecule has 1 amide bonds. The second kappa shape index (κ2) is 4.29. The molecule has 1 saturated heterocycles. The van der Waals surface area contributed by atoms with Crippen LogP contribution in [0, 0.1) is 0 Å². The van der Waals surface area contributed by atoms with E-state index >= 15 is 0 Å². The second-order valence-corrected chi connectivity index (χ2v) is 4.36. The van der Waals surface area contributed by atoms with E-state index < -0.39 is 11.3 Å². The lowest BCUT2D eigenvalue weighted by Crippen LogP contribution is -2.63. The van der Waals surface area contributed by atoms with Gasteiger partial charge in [-0.1, -0.05) is 6.92 Å². The first-order chi connectivity index (χ1) is 8.04. The molecule has 92 valence electrons. The number of likely N-dealkylation sites (tertiary alicyclic amines) is 1. The Hall–Kier alpha value is -1.69. The number of carbonyl (C=O) groups excluding carboxylic acids is 1. The van der Waals surface area contributed by atoms with Crippen molar-refractivity contribution >= 4 is 5.91 Å². The second-order valence-electron chi connectivity index (χ2n) is 4.36. The molecule has 6 heteroatoms. The number of aromatic nitrogens is 2. The smallest absolute Gasteiger partial charge is 0.347 e. The van der Waals surface area contributed by atoms with Crippen LogP contribution in [0.15, 0.2) is 23.3 Å². The zero-order valence-corrected chi connectivity index (χ0v) is 9.67. The number of nitrogens with zero attached hydrogens (tertiary/aromatic N) is 3. The molecule has 17 heavy (non-hydrogen) atoms. The standard InChI is InChI=1S/C11H15N3O3/c1-2-11(17)7-14(8-11)9(15)6-13-5-3-4-12-10(13)16/h3-5,17H,2,6-8H2,1H3. The number of carbonyl (C=O) groups is 1.